The van der Waals surface area contributed by atoms with E-state index in [1.54, 1.807) is 18.2 Å². The fourth-order valence-corrected chi connectivity index (χ4v) is 2.18. The summed E-state index contributed by atoms with van der Waals surface area (Å²) < 4.78 is 47.8. The summed E-state index contributed by atoms with van der Waals surface area (Å²) >= 11 is 0. The zero-order valence-electron chi connectivity index (χ0n) is 14.5. The van der Waals surface area contributed by atoms with Crippen molar-refractivity contribution in [2.24, 2.45) is 0 Å². The molecule has 0 saturated heterocycles. The molecule has 0 aliphatic heterocycles. The Hall–Kier alpha value is -3.23. The molecule has 2 amide bonds. The van der Waals surface area contributed by atoms with E-state index in [0.717, 1.165) is 24.3 Å². The van der Waals surface area contributed by atoms with Gasteiger partial charge in [-0.15, -0.1) is 0 Å². The number of rotatable bonds is 6. The second-order valence-corrected chi connectivity index (χ2v) is 5.37. The molecule has 0 aliphatic rings. The summed E-state index contributed by atoms with van der Waals surface area (Å²) in [6.45, 7) is -0.375. The van der Waals surface area contributed by atoms with Crippen LogP contribution < -0.4 is 20.1 Å². The topological polar surface area (TPSA) is 76.7 Å². The third-order valence-electron chi connectivity index (χ3n) is 3.56. The molecular weight excluding hydrogens is 365 g/mol. The number of hydrogen-bond donors (Lipinski definition) is 2. The van der Waals surface area contributed by atoms with Crippen LogP contribution in [0, 0.1) is 0 Å². The van der Waals surface area contributed by atoms with Crippen molar-refractivity contribution in [3.8, 4) is 11.5 Å². The van der Waals surface area contributed by atoms with Crippen LogP contribution in [0.25, 0.3) is 0 Å². The zero-order valence-corrected chi connectivity index (χ0v) is 14.5. The van der Waals surface area contributed by atoms with Crippen LogP contribution in [0.2, 0.25) is 0 Å². The van der Waals surface area contributed by atoms with Gasteiger partial charge in [-0.3, -0.25) is 9.59 Å². The minimum Gasteiger partial charge on any atom is -0.497 e. The Labute approximate surface area is 153 Å². The normalized spacial score (nSPS) is 10.9. The zero-order chi connectivity index (χ0) is 20.0. The molecule has 6 nitrogen and oxygen atoms in total. The Morgan fingerprint density at radius 2 is 1.67 bits per heavy atom. The van der Waals surface area contributed by atoms with Crippen molar-refractivity contribution in [3.63, 3.8) is 0 Å². The summed E-state index contributed by atoms with van der Waals surface area (Å²) in [6, 6.07) is 8.50. The van der Waals surface area contributed by atoms with Crippen LogP contribution in [-0.2, 0) is 11.0 Å². The molecule has 0 bridgehead atoms. The molecule has 0 fully saturated rings. The number of amides is 2. The summed E-state index contributed by atoms with van der Waals surface area (Å²) in [6.07, 6.45) is -4.48. The molecule has 0 aromatic heterocycles. The van der Waals surface area contributed by atoms with Crippen molar-refractivity contribution >= 4 is 17.5 Å². The van der Waals surface area contributed by atoms with E-state index < -0.39 is 23.6 Å². The second-order valence-electron chi connectivity index (χ2n) is 5.37. The highest BCUT2D eigenvalue weighted by Crippen LogP contribution is 2.29. The number of ether oxygens (including phenoxy) is 2. The second kappa shape index (κ2) is 8.43. The van der Waals surface area contributed by atoms with E-state index in [1.165, 1.54) is 14.2 Å². The molecule has 0 unspecified atom stereocenters. The van der Waals surface area contributed by atoms with Crippen molar-refractivity contribution in [2.75, 3.05) is 26.1 Å². The first kappa shape index (κ1) is 20.1. The van der Waals surface area contributed by atoms with E-state index in [0.29, 0.717) is 17.2 Å². The maximum Gasteiger partial charge on any atom is 0.416 e. The van der Waals surface area contributed by atoms with E-state index in [2.05, 4.69) is 10.6 Å². The maximum atomic E-state index is 12.5. The monoisotopic (exact) mass is 382 g/mol. The quantitative estimate of drug-likeness (QED) is 0.805. The van der Waals surface area contributed by atoms with Gasteiger partial charge in [0.1, 0.15) is 11.5 Å². The van der Waals surface area contributed by atoms with Crippen LogP contribution in [0.15, 0.2) is 42.5 Å². The van der Waals surface area contributed by atoms with E-state index in [4.69, 9.17) is 9.47 Å². The average Bonchev–Trinajstić information content (AvgIpc) is 2.65. The minimum absolute atomic E-state index is 0.00904. The number of alkyl halides is 3. The summed E-state index contributed by atoms with van der Waals surface area (Å²) in [4.78, 5) is 24.0. The van der Waals surface area contributed by atoms with Gasteiger partial charge in [-0.25, -0.2) is 0 Å². The van der Waals surface area contributed by atoms with Crippen LogP contribution in [-0.4, -0.2) is 32.6 Å². The van der Waals surface area contributed by atoms with E-state index in [1.807, 2.05) is 0 Å². The third-order valence-corrected chi connectivity index (χ3v) is 3.56. The predicted molar refractivity (Wildman–Crippen MR) is 92.0 cm³/mol. The number of halogens is 3. The standard InChI is InChI=1S/C18H17F3N2O4/c1-26-13-7-8-15(27-2)14(9-13)23-16(24)10-22-17(25)11-3-5-12(6-4-11)18(19,20)21/h3-9H,10H2,1-2H3,(H,22,25)(H,23,24). The van der Waals surface area contributed by atoms with Crippen molar-refractivity contribution < 1.29 is 32.2 Å². The van der Waals surface area contributed by atoms with Crippen molar-refractivity contribution in [3.05, 3.63) is 53.6 Å². The van der Waals surface area contributed by atoms with Gasteiger partial charge in [-0.1, -0.05) is 0 Å². The Morgan fingerprint density at radius 1 is 1.00 bits per heavy atom. The molecule has 0 spiro atoms. The van der Waals surface area contributed by atoms with Crippen LogP contribution in [0.3, 0.4) is 0 Å². The molecule has 2 aromatic rings. The van der Waals surface area contributed by atoms with E-state index >= 15 is 0 Å². The van der Waals surface area contributed by atoms with Crippen molar-refractivity contribution in [1.82, 2.24) is 5.32 Å². The first-order valence-corrected chi connectivity index (χ1v) is 7.72. The lowest BCUT2D eigenvalue weighted by atomic mass is 10.1. The van der Waals surface area contributed by atoms with Crippen molar-refractivity contribution in [2.45, 2.75) is 6.18 Å². The molecule has 27 heavy (non-hydrogen) atoms. The van der Waals surface area contributed by atoms with Gasteiger partial charge in [0, 0.05) is 11.6 Å². The predicted octanol–water partition coefficient (Wildman–Crippen LogP) is 3.09. The van der Waals surface area contributed by atoms with Gasteiger partial charge in [0.2, 0.25) is 5.91 Å². The number of nitrogens with one attached hydrogen (secondary N) is 2. The minimum atomic E-state index is -4.48. The highest BCUT2D eigenvalue weighted by atomic mass is 19.4. The largest absolute Gasteiger partial charge is 0.497 e. The molecule has 0 atom stereocenters. The Balaban J connectivity index is 1.96. The lowest BCUT2D eigenvalue weighted by molar-refractivity contribution is -0.137. The lowest BCUT2D eigenvalue weighted by Gasteiger charge is -2.12. The number of hydrogen-bond acceptors (Lipinski definition) is 4. The fraction of sp³-hybridized carbons (Fsp3) is 0.222. The molecule has 2 N–H and O–H groups in total. The smallest absolute Gasteiger partial charge is 0.416 e. The highest BCUT2D eigenvalue weighted by Gasteiger charge is 2.30. The van der Waals surface area contributed by atoms with E-state index in [-0.39, 0.29) is 12.1 Å². The maximum absolute atomic E-state index is 12.5. The summed E-state index contributed by atoms with van der Waals surface area (Å²) in [7, 11) is 2.90. The number of methoxy groups -OCH3 is 2. The van der Waals surface area contributed by atoms with Crippen LogP contribution in [0.5, 0.6) is 11.5 Å². The number of carbonyl (C=O) groups is 2. The third kappa shape index (κ3) is 5.37. The molecular formula is C18H17F3N2O4. The van der Waals surface area contributed by atoms with Gasteiger partial charge in [-0.2, -0.15) is 13.2 Å². The molecule has 0 aliphatic carbocycles. The summed E-state index contributed by atoms with van der Waals surface area (Å²) in [5, 5.41) is 4.90. The number of carbonyl (C=O) groups excluding carboxylic acids is 2. The van der Waals surface area contributed by atoms with Gasteiger partial charge in [0.25, 0.3) is 5.91 Å². The number of benzene rings is 2. The molecule has 144 valence electrons. The van der Waals surface area contributed by atoms with Crippen molar-refractivity contribution in [1.29, 1.82) is 0 Å². The highest BCUT2D eigenvalue weighted by molar-refractivity contribution is 5.99. The Kier molecular flexibility index (Phi) is 6.27. The van der Waals surface area contributed by atoms with Gasteiger partial charge < -0.3 is 20.1 Å². The first-order valence-electron chi connectivity index (χ1n) is 7.72. The summed E-state index contributed by atoms with van der Waals surface area (Å²) in [5.41, 5.74) is -0.498. The Bertz CT molecular complexity index is 820. The number of anilines is 1. The average molecular weight is 382 g/mol. The molecule has 9 heteroatoms. The van der Waals surface area contributed by atoms with Gasteiger partial charge in [-0.05, 0) is 36.4 Å². The van der Waals surface area contributed by atoms with Gasteiger partial charge in [0.15, 0.2) is 0 Å². The molecule has 0 saturated carbocycles. The molecule has 0 heterocycles. The van der Waals surface area contributed by atoms with Gasteiger partial charge >= 0.3 is 6.18 Å². The molecule has 2 aromatic carbocycles. The first-order chi connectivity index (χ1) is 12.7. The fourth-order valence-electron chi connectivity index (χ4n) is 2.18. The SMILES string of the molecule is COc1ccc(OC)c(NC(=O)CNC(=O)c2ccc(C(F)(F)F)cc2)c1. The lowest BCUT2D eigenvalue weighted by Crippen LogP contribution is -2.33. The van der Waals surface area contributed by atoms with E-state index in [9.17, 15) is 22.8 Å². The Morgan fingerprint density at radius 3 is 2.22 bits per heavy atom. The molecule has 2 rings (SSSR count). The summed E-state index contributed by atoms with van der Waals surface area (Å²) in [5.74, 6) is -0.309. The molecule has 0 radical (unpaired) electrons. The van der Waals surface area contributed by atoms with Gasteiger partial charge in [0.05, 0.1) is 32.0 Å². The van der Waals surface area contributed by atoms with Crippen LogP contribution in [0.4, 0.5) is 18.9 Å². The van der Waals surface area contributed by atoms with Crippen LogP contribution >= 0.6 is 0 Å². The van der Waals surface area contributed by atoms with Crippen LogP contribution in [0.1, 0.15) is 15.9 Å².